The smallest absolute Gasteiger partial charge is 0.462 e. The van der Waals surface area contributed by atoms with Crippen molar-refractivity contribution in [3.05, 3.63) is 0 Å². The Morgan fingerprint density at radius 3 is 0.874 bits per heavy atom. The Kier molecular flexibility index (Phi) is 57.8. The molecule has 0 bridgehead atoms. The molecule has 0 aromatic carbocycles. The van der Waals surface area contributed by atoms with Crippen LogP contribution in [0.15, 0.2) is 0 Å². The summed E-state index contributed by atoms with van der Waals surface area (Å²) in [7, 11) is -9.90. The van der Waals surface area contributed by atoms with Gasteiger partial charge in [0.25, 0.3) is 0 Å². The van der Waals surface area contributed by atoms with Gasteiger partial charge in [-0.15, -0.1) is 0 Å². The monoisotopic (exact) mass is 1280 g/mol. The number of unbranched alkanes of at least 4 members (excludes halogenated alkanes) is 32. The van der Waals surface area contributed by atoms with Crippen LogP contribution in [0.4, 0.5) is 0 Å². The summed E-state index contributed by atoms with van der Waals surface area (Å²) in [6, 6.07) is 0. The van der Waals surface area contributed by atoms with Crippen LogP contribution in [-0.2, 0) is 65.4 Å². The van der Waals surface area contributed by atoms with Crippen LogP contribution in [0.2, 0.25) is 0 Å². The van der Waals surface area contributed by atoms with Gasteiger partial charge in [0.05, 0.1) is 26.4 Å². The van der Waals surface area contributed by atoms with E-state index in [1.54, 1.807) is 0 Å². The molecule has 19 heteroatoms. The highest BCUT2D eigenvalue weighted by molar-refractivity contribution is 7.47. The van der Waals surface area contributed by atoms with Crippen LogP contribution in [0.5, 0.6) is 0 Å². The van der Waals surface area contributed by atoms with Gasteiger partial charge in [0.2, 0.25) is 0 Å². The van der Waals surface area contributed by atoms with E-state index < -0.39 is 97.5 Å². The quantitative estimate of drug-likeness (QED) is 0.0222. The summed E-state index contributed by atoms with van der Waals surface area (Å²) in [5.41, 5.74) is 0. The van der Waals surface area contributed by atoms with Crippen molar-refractivity contribution < 1.29 is 80.2 Å². The van der Waals surface area contributed by atoms with E-state index in [1.165, 1.54) is 141 Å². The SMILES string of the molecule is CCCCCCCCCCC(=O)OC[C@H](COP(=O)(O)OC[C@H](O)COP(=O)(O)OC[C@@H](COC(=O)CCCCCCCCCCCCC(C)C)OC(=O)CCCCCCCCCCCCC(C)CC)OC(=O)CCCCCCCCCCC(C)CC. The third-order valence-electron chi connectivity index (χ3n) is 16.4. The van der Waals surface area contributed by atoms with Gasteiger partial charge in [-0.3, -0.25) is 37.3 Å². The second-order valence-electron chi connectivity index (χ2n) is 25.5. The molecule has 0 saturated carbocycles. The fraction of sp³-hybridized carbons (Fsp3) is 0.941. The lowest BCUT2D eigenvalue weighted by atomic mass is 9.99. The molecule has 0 aliphatic carbocycles. The Hall–Kier alpha value is -1.94. The lowest BCUT2D eigenvalue weighted by Gasteiger charge is -2.21. The molecule has 0 heterocycles. The fourth-order valence-electron chi connectivity index (χ4n) is 10.1. The number of carbonyl (C=O) groups is 4. The Bertz CT molecular complexity index is 1720. The minimum Gasteiger partial charge on any atom is -0.462 e. The molecule has 0 fully saturated rings. The van der Waals surface area contributed by atoms with Crippen molar-refractivity contribution in [1.29, 1.82) is 0 Å². The maximum Gasteiger partial charge on any atom is 0.472 e. The number of hydrogen-bond acceptors (Lipinski definition) is 15. The largest absolute Gasteiger partial charge is 0.472 e. The second kappa shape index (κ2) is 59.1. The summed E-state index contributed by atoms with van der Waals surface area (Å²) in [4.78, 5) is 72.4. The number of aliphatic hydroxyl groups excluding tert-OH is 1. The average molecular weight is 1280 g/mol. The van der Waals surface area contributed by atoms with E-state index in [-0.39, 0.29) is 25.7 Å². The molecule has 0 radical (unpaired) electrons. The summed E-state index contributed by atoms with van der Waals surface area (Å²) in [5.74, 6) is 0.199. The Balaban J connectivity index is 5.25. The van der Waals surface area contributed by atoms with Crippen LogP contribution < -0.4 is 0 Å². The molecule has 0 aromatic rings. The van der Waals surface area contributed by atoms with E-state index in [0.29, 0.717) is 25.7 Å². The summed E-state index contributed by atoms with van der Waals surface area (Å²) in [6.07, 6.45) is 41.5. The minimum absolute atomic E-state index is 0.104. The molecule has 0 saturated heterocycles. The molecular weight excluding hydrogens is 1150 g/mol. The third-order valence-corrected chi connectivity index (χ3v) is 18.3. The van der Waals surface area contributed by atoms with E-state index in [4.69, 9.17) is 37.0 Å². The lowest BCUT2D eigenvalue weighted by Crippen LogP contribution is -2.30. The molecule has 4 unspecified atom stereocenters. The summed E-state index contributed by atoms with van der Waals surface area (Å²) >= 11 is 0. The molecule has 0 aliphatic rings. The van der Waals surface area contributed by atoms with Crippen LogP contribution in [0, 0.1) is 17.8 Å². The van der Waals surface area contributed by atoms with Crippen molar-refractivity contribution in [2.24, 2.45) is 17.8 Å². The highest BCUT2D eigenvalue weighted by Crippen LogP contribution is 2.45. The van der Waals surface area contributed by atoms with Crippen molar-refractivity contribution in [2.75, 3.05) is 39.6 Å². The molecule has 0 spiro atoms. The van der Waals surface area contributed by atoms with Crippen molar-refractivity contribution in [3.63, 3.8) is 0 Å². The maximum absolute atomic E-state index is 13.0. The van der Waals surface area contributed by atoms with Crippen LogP contribution >= 0.6 is 15.6 Å². The van der Waals surface area contributed by atoms with Crippen molar-refractivity contribution in [1.82, 2.24) is 0 Å². The Morgan fingerprint density at radius 2 is 0.586 bits per heavy atom. The first-order valence-corrected chi connectivity index (χ1v) is 38.4. The lowest BCUT2D eigenvalue weighted by molar-refractivity contribution is -0.161. The summed E-state index contributed by atoms with van der Waals surface area (Å²) in [5, 5.41) is 10.6. The molecule has 0 rings (SSSR count). The topological polar surface area (TPSA) is 237 Å². The van der Waals surface area contributed by atoms with Gasteiger partial charge in [0, 0.05) is 25.7 Å². The molecule has 0 aromatic heterocycles. The highest BCUT2D eigenvalue weighted by Gasteiger charge is 2.30. The highest BCUT2D eigenvalue weighted by atomic mass is 31.2. The Labute approximate surface area is 530 Å². The first kappa shape index (κ1) is 85.1. The third kappa shape index (κ3) is 60.1. The van der Waals surface area contributed by atoms with Crippen LogP contribution in [0.3, 0.4) is 0 Å². The number of phosphoric acid groups is 2. The van der Waals surface area contributed by atoms with Gasteiger partial charge < -0.3 is 33.8 Å². The number of esters is 4. The number of carbonyl (C=O) groups excluding carboxylic acids is 4. The second-order valence-corrected chi connectivity index (χ2v) is 28.4. The molecular formula is C68H132O17P2. The number of phosphoric ester groups is 2. The van der Waals surface area contributed by atoms with Gasteiger partial charge in [-0.2, -0.15) is 0 Å². The zero-order valence-corrected chi connectivity index (χ0v) is 58.3. The van der Waals surface area contributed by atoms with Gasteiger partial charge in [-0.05, 0) is 43.4 Å². The molecule has 0 aliphatic heterocycles. The van der Waals surface area contributed by atoms with Crippen molar-refractivity contribution in [2.45, 2.75) is 356 Å². The van der Waals surface area contributed by atoms with E-state index in [0.717, 1.165) is 114 Å². The number of aliphatic hydroxyl groups is 1. The zero-order chi connectivity index (χ0) is 64.5. The standard InChI is InChI=1S/C68H132O17P2/c1-8-11-12-13-14-28-35-42-49-65(70)78-55-63(85-68(73)52-45-38-31-24-23-27-34-41-48-61(7)10-3)57-82-86(74,75)80-53-62(69)54-81-87(76,77)83-58-64(56-79-66(71)50-43-36-29-21-17-15-19-25-32-39-46-59(4)5)84-67(72)51-44-37-30-22-18-16-20-26-33-40-47-60(6)9-2/h59-64,69H,8-58H2,1-7H3,(H,74,75)(H,76,77)/t60?,61?,62-,63+,64+/m0/s1. The maximum atomic E-state index is 13.0. The van der Waals surface area contributed by atoms with E-state index in [2.05, 4.69) is 48.5 Å². The first-order chi connectivity index (χ1) is 41.8. The Morgan fingerprint density at radius 1 is 0.333 bits per heavy atom. The molecule has 3 N–H and O–H groups in total. The van der Waals surface area contributed by atoms with E-state index >= 15 is 0 Å². The minimum atomic E-state index is -4.95. The predicted molar refractivity (Wildman–Crippen MR) is 349 cm³/mol. The number of ether oxygens (including phenoxy) is 4. The fourth-order valence-corrected chi connectivity index (χ4v) is 11.7. The molecule has 17 nitrogen and oxygen atoms in total. The van der Waals surface area contributed by atoms with Crippen LogP contribution in [-0.4, -0.2) is 96.7 Å². The van der Waals surface area contributed by atoms with Crippen molar-refractivity contribution in [3.8, 4) is 0 Å². The molecule has 87 heavy (non-hydrogen) atoms. The zero-order valence-electron chi connectivity index (χ0n) is 56.5. The van der Waals surface area contributed by atoms with Gasteiger partial charge in [0.1, 0.15) is 19.3 Å². The van der Waals surface area contributed by atoms with Gasteiger partial charge >= 0.3 is 39.5 Å². The van der Waals surface area contributed by atoms with Crippen LogP contribution in [0.1, 0.15) is 337 Å². The number of hydrogen-bond donors (Lipinski definition) is 3. The summed E-state index contributed by atoms with van der Waals surface area (Å²) in [6.45, 7) is 11.8. The van der Waals surface area contributed by atoms with Gasteiger partial charge in [-0.25, -0.2) is 9.13 Å². The number of rotatable bonds is 66. The first-order valence-electron chi connectivity index (χ1n) is 35.4. The van der Waals surface area contributed by atoms with Gasteiger partial charge in [-0.1, -0.05) is 286 Å². The van der Waals surface area contributed by atoms with E-state index in [1.807, 2.05) is 0 Å². The van der Waals surface area contributed by atoms with Crippen LogP contribution in [0.25, 0.3) is 0 Å². The molecule has 0 amide bonds. The molecule has 516 valence electrons. The predicted octanol–water partition coefficient (Wildman–Crippen LogP) is 19.1. The molecule has 7 atom stereocenters. The van der Waals surface area contributed by atoms with E-state index in [9.17, 15) is 43.2 Å². The average Bonchev–Trinajstić information content (AvgIpc) is 3.69. The van der Waals surface area contributed by atoms with Gasteiger partial charge in [0.15, 0.2) is 12.2 Å². The summed E-state index contributed by atoms with van der Waals surface area (Å²) < 4.78 is 68.2. The normalized spacial score (nSPS) is 14.9. The van der Waals surface area contributed by atoms with Crippen molar-refractivity contribution >= 4 is 39.5 Å².